The van der Waals surface area contributed by atoms with Gasteiger partial charge in [0.1, 0.15) is 5.69 Å². The Kier molecular flexibility index (Phi) is 6.34. The molecular weight excluding hydrogens is 360 g/mol. The molecule has 8 nitrogen and oxygen atoms in total. The van der Waals surface area contributed by atoms with Crippen molar-refractivity contribution in [3.8, 4) is 0 Å². The number of esters is 1. The van der Waals surface area contributed by atoms with Gasteiger partial charge >= 0.3 is 5.97 Å². The van der Waals surface area contributed by atoms with E-state index >= 15 is 0 Å². The molecule has 0 saturated heterocycles. The van der Waals surface area contributed by atoms with Crippen LogP contribution in [0.1, 0.15) is 23.8 Å². The van der Waals surface area contributed by atoms with Gasteiger partial charge in [0, 0.05) is 13.0 Å². The van der Waals surface area contributed by atoms with Crippen molar-refractivity contribution in [2.24, 2.45) is 0 Å². The van der Waals surface area contributed by atoms with E-state index in [1.165, 1.54) is 6.92 Å². The summed E-state index contributed by atoms with van der Waals surface area (Å²) in [4.78, 5) is 51.3. The fraction of sp³-hybridized carbons (Fsp3) is 0.364. The fourth-order valence-corrected chi connectivity index (χ4v) is 1.59. The van der Waals surface area contributed by atoms with Gasteiger partial charge in [-0.2, -0.15) is 0 Å². The van der Waals surface area contributed by atoms with Crippen LogP contribution in [0, 0.1) is 0 Å². The molecule has 0 aromatic carbocycles. The third-order valence-corrected chi connectivity index (χ3v) is 2.43. The molecule has 0 saturated carbocycles. The molecule has 0 aliphatic carbocycles. The lowest BCUT2D eigenvalue weighted by Crippen LogP contribution is -2.22. The Hall–Kier alpha value is -1.64. The number of nitrogens with one attached hydrogen (secondary N) is 2. The lowest BCUT2D eigenvalue weighted by Gasteiger charge is -2.09. The number of halogens is 3. The van der Waals surface area contributed by atoms with E-state index in [1.54, 1.807) is 0 Å². The SMILES string of the molecule is CC(=O)Nc1nc(C(=O)COC(=O)CC(Cl)(Cl)Cl)cc(=O)[nH]1. The molecule has 0 fully saturated rings. The van der Waals surface area contributed by atoms with Crippen molar-refractivity contribution in [1.82, 2.24) is 9.97 Å². The highest BCUT2D eigenvalue weighted by Crippen LogP contribution is 2.30. The monoisotopic (exact) mass is 369 g/mol. The summed E-state index contributed by atoms with van der Waals surface area (Å²) in [7, 11) is 0. The first-order valence-corrected chi connectivity index (χ1v) is 6.85. The maximum atomic E-state index is 11.8. The summed E-state index contributed by atoms with van der Waals surface area (Å²) in [5, 5.41) is 2.22. The normalized spacial score (nSPS) is 10.9. The Morgan fingerprint density at radius 2 is 2.00 bits per heavy atom. The molecule has 1 rings (SSSR count). The maximum absolute atomic E-state index is 11.8. The number of carbonyl (C=O) groups is 3. The van der Waals surface area contributed by atoms with Gasteiger partial charge in [-0.05, 0) is 0 Å². The van der Waals surface area contributed by atoms with E-state index in [1.807, 2.05) is 0 Å². The van der Waals surface area contributed by atoms with Crippen LogP contribution in [0.5, 0.6) is 0 Å². The first kappa shape index (κ1) is 18.4. The van der Waals surface area contributed by atoms with E-state index in [9.17, 15) is 19.2 Å². The minimum atomic E-state index is -1.83. The topological polar surface area (TPSA) is 118 Å². The lowest BCUT2D eigenvalue weighted by atomic mass is 10.3. The number of aromatic amines is 1. The van der Waals surface area contributed by atoms with Gasteiger partial charge in [-0.3, -0.25) is 29.5 Å². The number of nitrogens with zero attached hydrogens (tertiary/aromatic N) is 1. The summed E-state index contributed by atoms with van der Waals surface area (Å²) in [5.41, 5.74) is -0.941. The number of ether oxygens (including phenoxy) is 1. The third kappa shape index (κ3) is 6.88. The Balaban J connectivity index is 2.73. The zero-order valence-corrected chi connectivity index (χ0v) is 13.4. The van der Waals surface area contributed by atoms with Crippen molar-refractivity contribution in [2.75, 3.05) is 11.9 Å². The van der Waals surface area contributed by atoms with Crippen LogP contribution in [0.4, 0.5) is 5.95 Å². The molecule has 0 aliphatic heterocycles. The first-order chi connectivity index (χ1) is 10.1. The van der Waals surface area contributed by atoms with Gasteiger partial charge in [0.25, 0.3) is 5.56 Å². The number of hydrogen-bond acceptors (Lipinski definition) is 6. The number of anilines is 1. The molecular formula is C11H10Cl3N3O5. The van der Waals surface area contributed by atoms with Crippen LogP contribution in [0.3, 0.4) is 0 Å². The minimum Gasteiger partial charge on any atom is -0.457 e. The first-order valence-electron chi connectivity index (χ1n) is 5.71. The number of Topliss-reactive ketones (excluding diaryl/α,β-unsaturated/α-hetero) is 1. The zero-order chi connectivity index (χ0) is 16.9. The molecule has 0 aliphatic rings. The van der Waals surface area contributed by atoms with Crippen molar-refractivity contribution in [1.29, 1.82) is 0 Å². The second kappa shape index (κ2) is 7.57. The van der Waals surface area contributed by atoms with Gasteiger partial charge in [0.15, 0.2) is 6.61 Å². The number of amides is 1. The van der Waals surface area contributed by atoms with E-state index < -0.39 is 40.0 Å². The summed E-state index contributed by atoms with van der Waals surface area (Å²) in [5.74, 6) is -2.34. The summed E-state index contributed by atoms with van der Waals surface area (Å²) in [6, 6.07) is 0.899. The summed E-state index contributed by atoms with van der Waals surface area (Å²) >= 11 is 16.2. The summed E-state index contributed by atoms with van der Waals surface area (Å²) in [6.45, 7) is 0.516. The number of H-pyrrole nitrogens is 1. The van der Waals surface area contributed by atoms with Crippen LogP contribution in [-0.2, 0) is 14.3 Å². The average molecular weight is 371 g/mol. The second-order valence-corrected chi connectivity index (χ2v) is 6.55. The van der Waals surface area contributed by atoms with Crippen LogP contribution in [0.2, 0.25) is 0 Å². The standard InChI is InChI=1S/C11H10Cl3N3O5/c1-5(18)15-10-16-6(2-8(20)17-10)7(19)4-22-9(21)3-11(12,13)14/h2H,3-4H2,1H3,(H2,15,16,17,18,20). The molecule has 2 N–H and O–H groups in total. The molecule has 1 amide bonds. The van der Waals surface area contributed by atoms with Crippen LogP contribution < -0.4 is 10.9 Å². The van der Waals surface area contributed by atoms with Gasteiger partial charge in [-0.1, -0.05) is 34.8 Å². The van der Waals surface area contributed by atoms with E-state index in [0.29, 0.717) is 0 Å². The van der Waals surface area contributed by atoms with E-state index in [4.69, 9.17) is 34.8 Å². The van der Waals surface area contributed by atoms with E-state index in [2.05, 4.69) is 20.0 Å². The van der Waals surface area contributed by atoms with Crippen molar-refractivity contribution in [3.05, 3.63) is 22.1 Å². The van der Waals surface area contributed by atoms with E-state index in [0.717, 1.165) is 6.07 Å². The number of aromatic nitrogens is 2. The smallest absolute Gasteiger partial charge is 0.310 e. The Morgan fingerprint density at radius 3 is 2.55 bits per heavy atom. The number of rotatable bonds is 5. The number of hydrogen-bond donors (Lipinski definition) is 2. The summed E-state index contributed by atoms with van der Waals surface area (Å²) < 4.78 is 2.78. The van der Waals surface area contributed by atoms with Crippen molar-refractivity contribution in [3.63, 3.8) is 0 Å². The Bertz CT molecular complexity index is 653. The molecule has 0 radical (unpaired) electrons. The quantitative estimate of drug-likeness (QED) is 0.457. The molecule has 0 atom stereocenters. The molecule has 1 aromatic heterocycles. The molecule has 11 heteroatoms. The molecule has 1 heterocycles. The van der Waals surface area contributed by atoms with Crippen LogP contribution in [-0.4, -0.2) is 38.0 Å². The van der Waals surface area contributed by atoms with Gasteiger partial charge in [0.05, 0.1) is 6.42 Å². The highest BCUT2D eigenvalue weighted by atomic mass is 35.6. The van der Waals surface area contributed by atoms with Crippen molar-refractivity contribution >= 4 is 58.4 Å². The average Bonchev–Trinajstić information content (AvgIpc) is 2.32. The Morgan fingerprint density at radius 1 is 1.36 bits per heavy atom. The largest absolute Gasteiger partial charge is 0.457 e. The van der Waals surface area contributed by atoms with Gasteiger partial charge in [-0.15, -0.1) is 0 Å². The molecule has 0 spiro atoms. The number of ketones is 1. The fourth-order valence-electron chi connectivity index (χ4n) is 1.26. The summed E-state index contributed by atoms with van der Waals surface area (Å²) in [6.07, 6.45) is -0.537. The van der Waals surface area contributed by atoms with Crippen LogP contribution >= 0.6 is 34.8 Å². The van der Waals surface area contributed by atoms with Gasteiger partial charge in [0.2, 0.25) is 21.4 Å². The molecule has 120 valence electrons. The predicted octanol–water partition coefficient (Wildman–Crippen LogP) is 1.21. The molecule has 1 aromatic rings. The number of carbonyl (C=O) groups excluding carboxylic acids is 3. The minimum absolute atomic E-state index is 0.198. The predicted molar refractivity (Wildman–Crippen MR) is 79.4 cm³/mol. The highest BCUT2D eigenvalue weighted by molar-refractivity contribution is 6.68. The Labute approximate surface area is 139 Å². The molecule has 0 unspecified atom stereocenters. The highest BCUT2D eigenvalue weighted by Gasteiger charge is 2.25. The lowest BCUT2D eigenvalue weighted by molar-refractivity contribution is -0.142. The van der Waals surface area contributed by atoms with Crippen LogP contribution in [0.15, 0.2) is 10.9 Å². The van der Waals surface area contributed by atoms with Crippen molar-refractivity contribution in [2.45, 2.75) is 17.1 Å². The maximum Gasteiger partial charge on any atom is 0.310 e. The zero-order valence-electron chi connectivity index (χ0n) is 11.1. The molecule has 0 bridgehead atoms. The van der Waals surface area contributed by atoms with Crippen molar-refractivity contribution < 1.29 is 19.1 Å². The molecule has 22 heavy (non-hydrogen) atoms. The van der Waals surface area contributed by atoms with Gasteiger partial charge < -0.3 is 4.74 Å². The van der Waals surface area contributed by atoms with Gasteiger partial charge in [-0.25, -0.2) is 4.98 Å². The van der Waals surface area contributed by atoms with Crippen LogP contribution in [0.25, 0.3) is 0 Å². The van der Waals surface area contributed by atoms with E-state index in [-0.39, 0.29) is 11.6 Å². The number of alkyl halides is 3. The third-order valence-electron chi connectivity index (χ3n) is 2.03. The second-order valence-electron chi connectivity index (χ2n) is 4.04.